The Morgan fingerprint density at radius 2 is 1.92 bits per heavy atom. The van der Waals surface area contributed by atoms with E-state index in [1.165, 1.54) is 0 Å². The first-order valence-electron chi connectivity index (χ1n) is 4.26. The number of hydrogen-bond donors (Lipinski definition) is 1. The molecule has 0 rings (SSSR count). The second-order valence-corrected chi connectivity index (χ2v) is 1.82. The van der Waals surface area contributed by atoms with Crippen LogP contribution in [0.2, 0.25) is 0 Å². The summed E-state index contributed by atoms with van der Waals surface area (Å²) in [6.45, 7) is 7.74. The molecule has 0 bridgehead atoms. The van der Waals surface area contributed by atoms with Gasteiger partial charge < -0.3 is 10.5 Å². The molecule has 0 aliphatic heterocycles. The molecule has 0 unspecified atom stereocenters. The molecule has 1 amide bonds. The van der Waals surface area contributed by atoms with Crippen molar-refractivity contribution in [3.8, 4) is 0 Å². The summed E-state index contributed by atoms with van der Waals surface area (Å²) in [5, 5.41) is 0. The van der Waals surface area contributed by atoms with Gasteiger partial charge in [0.2, 0.25) is 0 Å². The number of primary amides is 1. The van der Waals surface area contributed by atoms with Gasteiger partial charge in [0, 0.05) is 21.1 Å². The van der Waals surface area contributed by atoms with E-state index in [0.29, 0.717) is 5.57 Å². The van der Waals surface area contributed by atoms with Crippen LogP contribution in [0.1, 0.15) is 34.1 Å². The van der Waals surface area contributed by atoms with Gasteiger partial charge in [0.05, 0.1) is 0 Å². The molecule has 0 aromatic carbocycles. The van der Waals surface area contributed by atoms with E-state index in [2.05, 4.69) is 6.08 Å². The van der Waals surface area contributed by atoms with Crippen LogP contribution < -0.4 is 5.73 Å². The fourth-order valence-corrected chi connectivity index (χ4v) is 0.590. The fraction of sp³-hybridized carbons (Fsp3) is 0.500. The van der Waals surface area contributed by atoms with Crippen LogP contribution in [0.25, 0.3) is 0 Å². The van der Waals surface area contributed by atoms with Crippen molar-refractivity contribution in [1.82, 2.24) is 0 Å². The van der Waals surface area contributed by atoms with Crippen molar-refractivity contribution in [2.45, 2.75) is 34.1 Å². The van der Waals surface area contributed by atoms with E-state index in [1.807, 2.05) is 20.8 Å². The van der Waals surface area contributed by atoms with Crippen LogP contribution in [0.4, 0.5) is 0 Å². The quantitative estimate of drug-likeness (QED) is 0.473. The zero-order valence-electron chi connectivity index (χ0n) is 8.76. The summed E-state index contributed by atoms with van der Waals surface area (Å²) >= 11 is 0. The van der Waals surface area contributed by atoms with E-state index in [-0.39, 0.29) is 21.1 Å². The molecule has 13 heavy (non-hydrogen) atoms. The fourth-order valence-electron chi connectivity index (χ4n) is 0.590. The smallest absolute Gasteiger partial charge is 0.132 e. The predicted molar refractivity (Wildman–Crippen MR) is 52.4 cm³/mol. The van der Waals surface area contributed by atoms with Gasteiger partial charge in [-0.3, -0.25) is 0 Å². The molecule has 0 saturated heterocycles. The molecule has 2 N–H and O–H groups in total. The number of carbonyl (C=O) groups is 1. The molecule has 2 nitrogen and oxygen atoms in total. The molecular weight excluding hydrogens is 334 g/mol. The predicted octanol–water partition coefficient (Wildman–Crippen LogP) is 2.21. The molecule has 0 saturated carbocycles. The SMILES string of the molecule is CC.CC=[C-]/C(=C\CC)C(N)=O.[W]. The van der Waals surface area contributed by atoms with E-state index in [4.69, 9.17) is 5.73 Å². The van der Waals surface area contributed by atoms with Crippen LogP contribution in [0, 0.1) is 6.08 Å². The Morgan fingerprint density at radius 1 is 1.46 bits per heavy atom. The summed E-state index contributed by atoms with van der Waals surface area (Å²) in [6.07, 6.45) is 6.97. The molecule has 76 valence electrons. The minimum atomic E-state index is -0.417. The van der Waals surface area contributed by atoms with Crippen LogP contribution in [0.15, 0.2) is 17.7 Å². The third-order valence-electron chi connectivity index (χ3n) is 0.974. The van der Waals surface area contributed by atoms with Crippen molar-refractivity contribution in [3.05, 3.63) is 23.8 Å². The first kappa shape index (κ1) is 18.4. The van der Waals surface area contributed by atoms with Gasteiger partial charge in [0.15, 0.2) is 0 Å². The third kappa shape index (κ3) is 11.6. The largest absolute Gasteiger partial charge is 0.418 e. The van der Waals surface area contributed by atoms with Gasteiger partial charge in [-0.25, -0.2) is 0 Å². The summed E-state index contributed by atoms with van der Waals surface area (Å²) in [6, 6.07) is 0. The molecule has 0 atom stereocenters. The maximum absolute atomic E-state index is 10.6. The van der Waals surface area contributed by atoms with E-state index < -0.39 is 5.91 Å². The average molecular weight is 352 g/mol. The second-order valence-electron chi connectivity index (χ2n) is 1.82. The number of hydrogen-bond acceptors (Lipinski definition) is 1. The number of allylic oxidation sites excluding steroid dienone is 2. The Balaban J connectivity index is -0.000000309. The normalized spacial score (nSPS) is 10.0. The van der Waals surface area contributed by atoms with Gasteiger partial charge in [-0.05, 0) is 0 Å². The van der Waals surface area contributed by atoms with Crippen molar-refractivity contribution < 1.29 is 25.9 Å². The van der Waals surface area contributed by atoms with Gasteiger partial charge in [-0.15, -0.1) is 11.6 Å². The Bertz CT molecular complexity index is 174. The first-order valence-corrected chi connectivity index (χ1v) is 4.26. The topological polar surface area (TPSA) is 43.1 Å². The summed E-state index contributed by atoms with van der Waals surface area (Å²) in [7, 11) is 0. The van der Waals surface area contributed by atoms with E-state index >= 15 is 0 Å². The zero-order valence-corrected chi connectivity index (χ0v) is 11.7. The van der Waals surface area contributed by atoms with Crippen LogP contribution in [0.3, 0.4) is 0 Å². The molecule has 0 heterocycles. The maximum Gasteiger partial charge on any atom is 0.132 e. The van der Waals surface area contributed by atoms with Gasteiger partial charge >= 0.3 is 0 Å². The molecule has 0 aliphatic carbocycles. The Labute approximate surface area is 95.5 Å². The summed E-state index contributed by atoms with van der Waals surface area (Å²) in [4.78, 5) is 10.6. The molecule has 0 spiro atoms. The van der Waals surface area contributed by atoms with Crippen LogP contribution >= 0.6 is 0 Å². The molecular formula is C10H18NOW-. The number of carbonyl (C=O) groups excluding carboxylic acids is 1. The minimum absolute atomic E-state index is 0. The second kappa shape index (κ2) is 14.2. The number of rotatable bonds is 3. The minimum Gasteiger partial charge on any atom is -0.418 e. The first-order chi connectivity index (χ1) is 5.72. The van der Waals surface area contributed by atoms with Crippen molar-refractivity contribution in [2.24, 2.45) is 5.73 Å². The van der Waals surface area contributed by atoms with Gasteiger partial charge in [0.1, 0.15) is 5.91 Å². The number of nitrogens with two attached hydrogens (primary N) is 1. The summed E-state index contributed by atoms with van der Waals surface area (Å²) < 4.78 is 0. The van der Waals surface area contributed by atoms with Gasteiger partial charge in [0.25, 0.3) is 0 Å². The molecule has 0 aliphatic rings. The van der Waals surface area contributed by atoms with Crippen LogP contribution in [-0.4, -0.2) is 5.91 Å². The molecule has 0 fully saturated rings. The molecule has 0 aromatic heterocycles. The van der Waals surface area contributed by atoms with Gasteiger partial charge in [-0.2, -0.15) is 12.2 Å². The summed E-state index contributed by atoms with van der Waals surface area (Å²) in [5.74, 6) is -0.417. The Kier molecular flexibility index (Phi) is 20.1. The molecule has 3 heteroatoms. The van der Waals surface area contributed by atoms with E-state index in [1.54, 1.807) is 19.1 Å². The third-order valence-corrected chi connectivity index (χ3v) is 0.974. The van der Waals surface area contributed by atoms with Gasteiger partial charge in [-0.1, -0.05) is 34.1 Å². The molecule has 0 radical (unpaired) electrons. The Hall–Kier alpha value is -0.362. The standard InChI is InChI=1S/C8H12NO.C2H6.W/c1-3-5-7(6-4-2)8(9)10;1-2;/h3,6H,4H2,1-2H3,(H2,9,10);1-2H3;/q-1;;/b7-6+;;. The van der Waals surface area contributed by atoms with Crippen molar-refractivity contribution in [2.75, 3.05) is 0 Å². The van der Waals surface area contributed by atoms with E-state index in [9.17, 15) is 4.79 Å². The van der Waals surface area contributed by atoms with Crippen LogP contribution in [-0.2, 0) is 25.9 Å². The van der Waals surface area contributed by atoms with Crippen LogP contribution in [0.5, 0.6) is 0 Å². The monoisotopic (exact) mass is 352 g/mol. The van der Waals surface area contributed by atoms with E-state index in [0.717, 1.165) is 6.42 Å². The zero-order chi connectivity index (χ0) is 9.98. The molecule has 0 aromatic rings. The van der Waals surface area contributed by atoms with Crippen molar-refractivity contribution >= 4 is 5.91 Å². The van der Waals surface area contributed by atoms with Crippen molar-refractivity contribution in [3.63, 3.8) is 0 Å². The Morgan fingerprint density at radius 3 is 2.15 bits per heavy atom. The number of amides is 1. The average Bonchev–Trinajstić information content (AvgIpc) is 2.08. The maximum atomic E-state index is 10.6. The summed E-state index contributed by atoms with van der Waals surface area (Å²) in [5.41, 5.74) is 5.48. The van der Waals surface area contributed by atoms with Crippen molar-refractivity contribution in [1.29, 1.82) is 0 Å².